The molecule has 2 aliphatic heterocycles. The van der Waals surface area contributed by atoms with Gasteiger partial charge in [-0.25, -0.2) is 9.82 Å². The summed E-state index contributed by atoms with van der Waals surface area (Å²) in [5, 5.41) is 4.04. The molecule has 2 aromatic rings. The lowest BCUT2D eigenvalue weighted by atomic mass is 10.0. The van der Waals surface area contributed by atoms with Crippen LogP contribution in [-0.4, -0.2) is 35.1 Å². The highest BCUT2D eigenvalue weighted by Crippen LogP contribution is 2.31. The molecule has 1 fully saturated rings. The molecule has 1 amide bonds. The summed E-state index contributed by atoms with van der Waals surface area (Å²) >= 11 is 0. The molecule has 1 aromatic heterocycles. The summed E-state index contributed by atoms with van der Waals surface area (Å²) in [6, 6.07) is 6.28. The highest BCUT2D eigenvalue weighted by Gasteiger charge is 2.32. The van der Waals surface area contributed by atoms with Crippen molar-refractivity contribution in [1.29, 1.82) is 0 Å². The highest BCUT2D eigenvalue weighted by molar-refractivity contribution is 5.82. The summed E-state index contributed by atoms with van der Waals surface area (Å²) < 4.78 is 19.4. The molecule has 0 spiro atoms. The van der Waals surface area contributed by atoms with Crippen molar-refractivity contribution in [3.8, 4) is 11.3 Å². The number of halogens is 1. The summed E-state index contributed by atoms with van der Waals surface area (Å²) in [5.41, 5.74) is 7.67. The maximum Gasteiger partial charge on any atom is 0.241 e. The molecular formula is C16H17FN4O2. The van der Waals surface area contributed by atoms with Crippen LogP contribution in [0.4, 0.5) is 4.39 Å². The fraction of sp³-hybridized carbons (Fsp3) is 0.375. The Balaban J connectivity index is 1.63. The summed E-state index contributed by atoms with van der Waals surface area (Å²) in [5.74, 6) is 0.458. The number of hydrazine groups is 1. The van der Waals surface area contributed by atoms with Crippen LogP contribution < -0.4 is 10.9 Å². The number of aromatic nitrogens is 1. The van der Waals surface area contributed by atoms with E-state index in [1.807, 2.05) is 0 Å². The van der Waals surface area contributed by atoms with E-state index in [0.29, 0.717) is 30.8 Å². The van der Waals surface area contributed by atoms with Crippen molar-refractivity contribution < 1.29 is 13.7 Å². The Labute approximate surface area is 132 Å². The van der Waals surface area contributed by atoms with Crippen LogP contribution in [0, 0.1) is 5.82 Å². The number of rotatable bonds is 2. The lowest BCUT2D eigenvalue weighted by Crippen LogP contribution is -2.47. The van der Waals surface area contributed by atoms with E-state index in [2.05, 4.69) is 16.0 Å². The Morgan fingerprint density at radius 2 is 2.26 bits per heavy atom. The Kier molecular flexibility index (Phi) is 3.59. The number of nitrogens with one attached hydrogen (secondary N) is 2. The molecular weight excluding hydrogens is 299 g/mol. The highest BCUT2D eigenvalue weighted by atomic mass is 19.1. The SMILES string of the molecule is O=C(C1CCNN1)N1CCc2onc(-c3ccccc3F)c2C1. The number of nitrogens with zero attached hydrogens (tertiary/aromatic N) is 2. The van der Waals surface area contributed by atoms with Crippen molar-refractivity contribution in [3.05, 3.63) is 41.4 Å². The Hall–Kier alpha value is -2.25. The molecule has 120 valence electrons. The van der Waals surface area contributed by atoms with Gasteiger partial charge in [-0.15, -0.1) is 0 Å². The monoisotopic (exact) mass is 316 g/mol. The quantitative estimate of drug-likeness (QED) is 0.872. The topological polar surface area (TPSA) is 70.4 Å². The summed E-state index contributed by atoms with van der Waals surface area (Å²) in [6.45, 7) is 1.78. The minimum Gasteiger partial charge on any atom is -0.360 e. The van der Waals surface area contributed by atoms with Crippen LogP contribution in [0.1, 0.15) is 17.7 Å². The van der Waals surface area contributed by atoms with Crippen molar-refractivity contribution in [3.63, 3.8) is 0 Å². The molecule has 4 rings (SSSR count). The first-order chi connectivity index (χ1) is 11.2. The van der Waals surface area contributed by atoms with Gasteiger partial charge in [-0.2, -0.15) is 0 Å². The minimum absolute atomic E-state index is 0.0568. The van der Waals surface area contributed by atoms with Gasteiger partial charge in [0.15, 0.2) is 0 Å². The van der Waals surface area contributed by atoms with Gasteiger partial charge < -0.3 is 9.42 Å². The smallest absolute Gasteiger partial charge is 0.241 e. The molecule has 1 unspecified atom stereocenters. The normalized spacial score (nSPS) is 20.6. The van der Waals surface area contributed by atoms with Crippen LogP contribution in [0.25, 0.3) is 11.3 Å². The van der Waals surface area contributed by atoms with Gasteiger partial charge >= 0.3 is 0 Å². The van der Waals surface area contributed by atoms with E-state index in [1.165, 1.54) is 6.07 Å². The van der Waals surface area contributed by atoms with Crippen molar-refractivity contribution in [2.24, 2.45) is 0 Å². The second kappa shape index (κ2) is 5.75. The van der Waals surface area contributed by atoms with Gasteiger partial charge in [0, 0.05) is 30.6 Å². The van der Waals surface area contributed by atoms with E-state index in [9.17, 15) is 9.18 Å². The van der Waals surface area contributed by atoms with Gasteiger partial charge in [-0.3, -0.25) is 10.2 Å². The molecule has 2 N–H and O–H groups in total. The van der Waals surface area contributed by atoms with Gasteiger partial charge in [0.05, 0.1) is 6.54 Å². The van der Waals surface area contributed by atoms with Crippen molar-refractivity contribution >= 4 is 5.91 Å². The van der Waals surface area contributed by atoms with Crippen LogP contribution in [-0.2, 0) is 17.8 Å². The number of carbonyl (C=O) groups excluding carboxylic acids is 1. The van der Waals surface area contributed by atoms with Crippen molar-refractivity contribution in [1.82, 2.24) is 20.9 Å². The van der Waals surface area contributed by atoms with Gasteiger partial charge in [-0.1, -0.05) is 17.3 Å². The second-order valence-corrected chi connectivity index (χ2v) is 5.83. The molecule has 0 radical (unpaired) electrons. The summed E-state index contributed by atoms with van der Waals surface area (Å²) in [7, 11) is 0. The number of carbonyl (C=O) groups is 1. The maximum atomic E-state index is 14.0. The summed E-state index contributed by atoms with van der Waals surface area (Å²) in [4.78, 5) is 14.3. The number of benzene rings is 1. The Morgan fingerprint density at radius 3 is 3.04 bits per heavy atom. The third-order valence-electron chi connectivity index (χ3n) is 4.40. The number of fused-ring (bicyclic) bond motifs is 1. The molecule has 2 aliphatic rings. The zero-order valence-corrected chi connectivity index (χ0v) is 12.5. The first kappa shape index (κ1) is 14.3. The zero-order chi connectivity index (χ0) is 15.8. The van der Waals surface area contributed by atoms with E-state index in [-0.39, 0.29) is 17.8 Å². The lowest BCUT2D eigenvalue weighted by molar-refractivity contribution is -0.134. The molecule has 1 aromatic carbocycles. The van der Waals surface area contributed by atoms with Crippen LogP contribution in [0.2, 0.25) is 0 Å². The standard InChI is InChI=1S/C16H17FN4O2/c17-12-4-2-1-3-10(12)15-11-9-21(8-6-14(11)23-20-15)16(22)13-5-7-18-19-13/h1-4,13,18-19H,5-9H2. The molecule has 0 bridgehead atoms. The zero-order valence-electron chi connectivity index (χ0n) is 12.5. The first-order valence-corrected chi connectivity index (χ1v) is 7.73. The van der Waals surface area contributed by atoms with Gasteiger partial charge in [0.25, 0.3) is 0 Å². The molecule has 23 heavy (non-hydrogen) atoms. The summed E-state index contributed by atoms with van der Waals surface area (Å²) in [6.07, 6.45) is 1.37. The van der Waals surface area contributed by atoms with Crippen LogP contribution >= 0.6 is 0 Å². The second-order valence-electron chi connectivity index (χ2n) is 5.83. The average Bonchev–Trinajstić information content (AvgIpc) is 3.24. The largest absolute Gasteiger partial charge is 0.360 e. The minimum atomic E-state index is -0.339. The molecule has 0 saturated carbocycles. The van der Waals surface area contributed by atoms with E-state index < -0.39 is 0 Å². The predicted octanol–water partition coefficient (Wildman–Crippen LogP) is 1.23. The third-order valence-corrected chi connectivity index (χ3v) is 4.40. The number of hydrogen-bond acceptors (Lipinski definition) is 5. The van der Waals surface area contributed by atoms with Crippen LogP contribution in [0.5, 0.6) is 0 Å². The number of amides is 1. The Morgan fingerprint density at radius 1 is 1.39 bits per heavy atom. The van der Waals surface area contributed by atoms with E-state index in [4.69, 9.17) is 4.52 Å². The van der Waals surface area contributed by atoms with E-state index >= 15 is 0 Å². The van der Waals surface area contributed by atoms with Gasteiger partial charge in [0.1, 0.15) is 23.3 Å². The molecule has 0 aliphatic carbocycles. The van der Waals surface area contributed by atoms with E-state index in [0.717, 1.165) is 24.3 Å². The van der Waals surface area contributed by atoms with Gasteiger partial charge in [-0.05, 0) is 18.6 Å². The fourth-order valence-electron chi connectivity index (χ4n) is 3.15. The third kappa shape index (κ3) is 2.51. The maximum absolute atomic E-state index is 14.0. The van der Waals surface area contributed by atoms with Crippen molar-refractivity contribution in [2.75, 3.05) is 13.1 Å². The molecule has 1 saturated heterocycles. The molecule has 3 heterocycles. The number of hydrogen-bond donors (Lipinski definition) is 2. The molecule has 1 atom stereocenters. The van der Waals surface area contributed by atoms with Crippen LogP contribution in [0.15, 0.2) is 28.8 Å². The Bertz CT molecular complexity index is 739. The fourth-order valence-corrected chi connectivity index (χ4v) is 3.15. The van der Waals surface area contributed by atoms with Crippen molar-refractivity contribution in [2.45, 2.75) is 25.4 Å². The van der Waals surface area contributed by atoms with Crippen LogP contribution in [0.3, 0.4) is 0 Å². The van der Waals surface area contributed by atoms with E-state index in [1.54, 1.807) is 23.1 Å². The predicted molar refractivity (Wildman–Crippen MR) is 80.6 cm³/mol. The first-order valence-electron chi connectivity index (χ1n) is 7.73. The van der Waals surface area contributed by atoms with Gasteiger partial charge in [0.2, 0.25) is 5.91 Å². The average molecular weight is 316 g/mol. The molecule has 7 heteroatoms. The lowest BCUT2D eigenvalue weighted by Gasteiger charge is -2.28. The molecule has 6 nitrogen and oxygen atoms in total.